The molecular formula is C12H12BrFN4. The second kappa shape index (κ2) is 5.39. The van der Waals surface area contributed by atoms with Crippen molar-refractivity contribution in [1.29, 1.82) is 0 Å². The first-order valence-electron chi connectivity index (χ1n) is 5.42. The number of nitrogens with one attached hydrogen (secondary N) is 1. The van der Waals surface area contributed by atoms with Gasteiger partial charge in [0.1, 0.15) is 5.82 Å². The fourth-order valence-electron chi connectivity index (χ4n) is 1.38. The molecule has 94 valence electrons. The van der Waals surface area contributed by atoms with Gasteiger partial charge < -0.3 is 5.32 Å². The Kier molecular flexibility index (Phi) is 3.86. The van der Waals surface area contributed by atoms with Gasteiger partial charge in [-0.15, -0.1) is 5.10 Å². The Morgan fingerprint density at radius 2 is 2.00 bits per heavy atom. The van der Waals surface area contributed by atoms with Crippen LogP contribution in [0.5, 0.6) is 0 Å². The minimum absolute atomic E-state index is 0.262. The lowest BCUT2D eigenvalue weighted by Crippen LogP contribution is -2.08. The lowest BCUT2D eigenvalue weighted by molar-refractivity contribution is 0.612. The van der Waals surface area contributed by atoms with Crippen molar-refractivity contribution in [2.24, 2.45) is 0 Å². The monoisotopic (exact) mass is 310 g/mol. The zero-order valence-corrected chi connectivity index (χ0v) is 11.6. The van der Waals surface area contributed by atoms with Gasteiger partial charge in [0.05, 0.1) is 11.4 Å². The van der Waals surface area contributed by atoms with Gasteiger partial charge in [-0.25, -0.2) is 9.37 Å². The Labute approximate surface area is 113 Å². The summed E-state index contributed by atoms with van der Waals surface area (Å²) >= 11 is 3.31. The van der Waals surface area contributed by atoms with Crippen LogP contribution in [-0.4, -0.2) is 15.2 Å². The number of nitrogens with zero attached hydrogens (tertiary/aromatic N) is 3. The third-order valence-electron chi connectivity index (χ3n) is 2.54. The average Bonchev–Trinajstić information content (AvgIpc) is 2.34. The van der Waals surface area contributed by atoms with Crippen LogP contribution in [0.1, 0.15) is 17.0 Å². The van der Waals surface area contributed by atoms with Crippen LogP contribution in [0, 0.1) is 19.7 Å². The molecule has 2 aromatic rings. The largest absolute Gasteiger partial charge is 0.349 e. The molecule has 0 aliphatic heterocycles. The summed E-state index contributed by atoms with van der Waals surface area (Å²) < 4.78 is 14.3. The van der Waals surface area contributed by atoms with Crippen molar-refractivity contribution in [3.63, 3.8) is 0 Å². The lowest BCUT2D eigenvalue weighted by atomic mass is 10.2. The molecule has 1 aromatic heterocycles. The Morgan fingerprint density at radius 1 is 1.22 bits per heavy atom. The molecule has 1 heterocycles. The van der Waals surface area contributed by atoms with E-state index in [1.165, 1.54) is 6.07 Å². The van der Waals surface area contributed by atoms with Crippen molar-refractivity contribution in [3.05, 3.63) is 45.4 Å². The van der Waals surface area contributed by atoms with Crippen LogP contribution in [0.25, 0.3) is 0 Å². The summed E-state index contributed by atoms with van der Waals surface area (Å²) in [5.74, 6) is 0.139. The molecule has 0 saturated carbocycles. The Balaban J connectivity index is 2.11. The van der Waals surface area contributed by atoms with Crippen molar-refractivity contribution in [2.45, 2.75) is 20.4 Å². The van der Waals surface area contributed by atoms with Gasteiger partial charge >= 0.3 is 0 Å². The minimum atomic E-state index is -0.262. The molecule has 0 unspecified atom stereocenters. The first kappa shape index (κ1) is 12.9. The molecule has 1 aromatic carbocycles. The molecular weight excluding hydrogens is 299 g/mol. The van der Waals surface area contributed by atoms with E-state index in [0.29, 0.717) is 18.1 Å². The van der Waals surface area contributed by atoms with Gasteiger partial charge in [0, 0.05) is 16.6 Å². The standard InChI is InChI=1S/C12H12BrFN4/c1-7-8(2)17-18-12(16-7)15-6-9-5-10(13)3-4-11(9)14/h3-5H,6H2,1-2H3,(H,15,16,18). The van der Waals surface area contributed by atoms with Gasteiger partial charge in [0.15, 0.2) is 0 Å². The van der Waals surface area contributed by atoms with Crippen LogP contribution in [0.2, 0.25) is 0 Å². The molecule has 2 rings (SSSR count). The summed E-state index contributed by atoms with van der Waals surface area (Å²) in [6, 6.07) is 4.80. The van der Waals surface area contributed by atoms with Gasteiger partial charge in [0.25, 0.3) is 0 Å². The van der Waals surface area contributed by atoms with Crippen molar-refractivity contribution in [1.82, 2.24) is 15.2 Å². The van der Waals surface area contributed by atoms with E-state index < -0.39 is 0 Å². The SMILES string of the molecule is Cc1nnc(NCc2cc(Br)ccc2F)nc1C. The second-order valence-electron chi connectivity index (χ2n) is 3.90. The van der Waals surface area contributed by atoms with E-state index >= 15 is 0 Å². The molecule has 0 fully saturated rings. The number of halogens is 2. The number of hydrogen-bond acceptors (Lipinski definition) is 4. The molecule has 6 heteroatoms. The Bertz CT molecular complexity index is 574. The molecule has 0 amide bonds. The molecule has 4 nitrogen and oxygen atoms in total. The average molecular weight is 311 g/mol. The first-order chi connectivity index (χ1) is 8.56. The van der Waals surface area contributed by atoms with E-state index in [2.05, 4.69) is 36.4 Å². The van der Waals surface area contributed by atoms with Gasteiger partial charge in [-0.3, -0.25) is 0 Å². The molecule has 0 bridgehead atoms. The van der Waals surface area contributed by atoms with Crippen molar-refractivity contribution in [2.75, 3.05) is 5.32 Å². The summed E-state index contributed by atoms with van der Waals surface area (Å²) in [7, 11) is 0. The highest BCUT2D eigenvalue weighted by Crippen LogP contribution is 2.16. The van der Waals surface area contributed by atoms with Crippen LogP contribution in [0.4, 0.5) is 10.3 Å². The zero-order valence-electron chi connectivity index (χ0n) is 10.0. The number of anilines is 1. The number of aryl methyl sites for hydroxylation is 2. The summed E-state index contributed by atoms with van der Waals surface area (Å²) in [6.45, 7) is 4.01. The smallest absolute Gasteiger partial charge is 0.243 e. The molecule has 0 radical (unpaired) electrons. The maximum atomic E-state index is 13.5. The maximum Gasteiger partial charge on any atom is 0.243 e. The summed E-state index contributed by atoms with van der Waals surface area (Å²) in [6.07, 6.45) is 0. The normalized spacial score (nSPS) is 10.4. The van der Waals surface area contributed by atoms with Crippen molar-refractivity contribution < 1.29 is 4.39 Å². The number of aromatic nitrogens is 3. The molecule has 0 spiro atoms. The molecule has 1 N–H and O–H groups in total. The molecule has 0 saturated heterocycles. The van der Waals surface area contributed by atoms with Crippen molar-refractivity contribution >= 4 is 21.9 Å². The molecule has 18 heavy (non-hydrogen) atoms. The van der Waals surface area contributed by atoms with Crippen molar-refractivity contribution in [3.8, 4) is 0 Å². The van der Waals surface area contributed by atoms with E-state index in [-0.39, 0.29) is 5.82 Å². The quantitative estimate of drug-likeness (QED) is 0.947. The van der Waals surface area contributed by atoms with Gasteiger partial charge in [-0.1, -0.05) is 15.9 Å². The van der Waals surface area contributed by atoms with Gasteiger partial charge in [-0.2, -0.15) is 5.10 Å². The van der Waals surface area contributed by atoms with Gasteiger partial charge in [0.2, 0.25) is 5.95 Å². The van der Waals surface area contributed by atoms with Gasteiger partial charge in [-0.05, 0) is 32.0 Å². The van der Waals surface area contributed by atoms with Crippen LogP contribution < -0.4 is 5.32 Å². The van der Waals surface area contributed by atoms with E-state index in [0.717, 1.165) is 15.9 Å². The topological polar surface area (TPSA) is 50.7 Å². The summed E-state index contributed by atoms with van der Waals surface area (Å²) in [5, 5.41) is 10.8. The highest BCUT2D eigenvalue weighted by atomic mass is 79.9. The number of hydrogen-bond donors (Lipinski definition) is 1. The molecule has 0 aliphatic rings. The summed E-state index contributed by atoms with van der Waals surface area (Å²) in [5.41, 5.74) is 2.14. The highest BCUT2D eigenvalue weighted by molar-refractivity contribution is 9.10. The third kappa shape index (κ3) is 3.01. The predicted octanol–water partition coefficient (Wildman–Crippen LogP) is 3.00. The maximum absolute atomic E-state index is 13.5. The highest BCUT2D eigenvalue weighted by Gasteiger charge is 2.05. The van der Waals surface area contributed by atoms with Crippen LogP contribution in [0.15, 0.2) is 22.7 Å². The number of benzene rings is 1. The molecule has 0 aliphatic carbocycles. The van der Waals surface area contributed by atoms with E-state index in [1.54, 1.807) is 12.1 Å². The third-order valence-corrected chi connectivity index (χ3v) is 3.03. The Hall–Kier alpha value is -1.56. The minimum Gasteiger partial charge on any atom is -0.349 e. The van der Waals surface area contributed by atoms with E-state index in [4.69, 9.17) is 0 Å². The zero-order chi connectivity index (χ0) is 13.1. The Morgan fingerprint density at radius 3 is 2.72 bits per heavy atom. The summed E-state index contributed by atoms with van der Waals surface area (Å²) in [4.78, 5) is 4.22. The van der Waals surface area contributed by atoms with Crippen LogP contribution in [0.3, 0.4) is 0 Å². The molecule has 0 atom stereocenters. The first-order valence-corrected chi connectivity index (χ1v) is 6.21. The second-order valence-corrected chi connectivity index (χ2v) is 4.81. The van der Waals surface area contributed by atoms with E-state index in [1.807, 2.05) is 13.8 Å². The number of rotatable bonds is 3. The lowest BCUT2D eigenvalue weighted by Gasteiger charge is -2.07. The van der Waals surface area contributed by atoms with Crippen LogP contribution >= 0.6 is 15.9 Å². The predicted molar refractivity (Wildman–Crippen MR) is 70.7 cm³/mol. The van der Waals surface area contributed by atoms with Crippen LogP contribution in [-0.2, 0) is 6.54 Å². The van der Waals surface area contributed by atoms with E-state index in [9.17, 15) is 4.39 Å². The fraction of sp³-hybridized carbons (Fsp3) is 0.250. The fourth-order valence-corrected chi connectivity index (χ4v) is 1.79.